The number of benzene rings is 1. The van der Waals surface area contributed by atoms with Crippen LogP contribution >= 0.6 is 0 Å². The molecule has 0 atom stereocenters. The zero-order chi connectivity index (χ0) is 19.3. The normalized spacial score (nSPS) is 16.4. The summed E-state index contributed by atoms with van der Waals surface area (Å²) in [5.41, 5.74) is 3.84. The van der Waals surface area contributed by atoms with E-state index in [4.69, 9.17) is 9.47 Å². The van der Waals surface area contributed by atoms with Crippen LogP contribution in [0.2, 0.25) is 0 Å². The molecule has 0 aliphatic carbocycles. The maximum atomic E-state index is 11.9. The fourth-order valence-electron chi connectivity index (χ4n) is 3.99. The quantitative estimate of drug-likeness (QED) is 0.540. The Kier molecular flexibility index (Phi) is 5.86. The summed E-state index contributed by atoms with van der Waals surface area (Å²) < 4.78 is 12.1. The van der Waals surface area contributed by atoms with Gasteiger partial charge in [-0.05, 0) is 72.7 Å². The Labute approximate surface area is 166 Å². The summed E-state index contributed by atoms with van der Waals surface area (Å²) >= 11 is 0. The number of hydrogen-bond acceptors (Lipinski definition) is 5. The van der Waals surface area contributed by atoms with Crippen LogP contribution in [-0.4, -0.2) is 48.0 Å². The molecule has 0 unspecified atom stereocenters. The van der Waals surface area contributed by atoms with Gasteiger partial charge in [0.2, 0.25) is 0 Å². The van der Waals surface area contributed by atoms with Crippen LogP contribution in [0.15, 0.2) is 30.3 Å². The first-order valence-electron chi connectivity index (χ1n) is 10.2. The van der Waals surface area contributed by atoms with Crippen molar-refractivity contribution in [2.75, 3.05) is 33.4 Å². The fourth-order valence-corrected chi connectivity index (χ4v) is 3.99. The zero-order valence-electron chi connectivity index (χ0n) is 16.5. The van der Waals surface area contributed by atoms with Gasteiger partial charge >= 0.3 is 11.7 Å². The maximum Gasteiger partial charge on any atom is 0.368 e. The van der Waals surface area contributed by atoms with E-state index in [0.29, 0.717) is 24.8 Å². The van der Waals surface area contributed by atoms with E-state index in [1.807, 2.05) is 18.2 Å². The molecule has 0 amide bonds. The van der Waals surface area contributed by atoms with E-state index in [0.717, 1.165) is 67.8 Å². The molecule has 2 aromatic rings. The Morgan fingerprint density at radius 2 is 2.00 bits per heavy atom. The topological polar surface area (TPSA) is 54.7 Å². The highest BCUT2D eigenvalue weighted by molar-refractivity contribution is 5.37. The Morgan fingerprint density at radius 1 is 1.11 bits per heavy atom. The third kappa shape index (κ3) is 4.33. The predicted molar refractivity (Wildman–Crippen MR) is 107 cm³/mol. The molecule has 0 saturated carbocycles. The van der Waals surface area contributed by atoms with Gasteiger partial charge in [-0.3, -0.25) is 4.90 Å². The molecule has 3 heterocycles. The summed E-state index contributed by atoms with van der Waals surface area (Å²) in [6.07, 6.45) is 4.96. The van der Waals surface area contributed by atoms with Crippen LogP contribution in [0, 0.1) is 4.91 Å². The van der Waals surface area contributed by atoms with Gasteiger partial charge in [0, 0.05) is 29.7 Å². The lowest BCUT2D eigenvalue weighted by molar-refractivity contribution is -0.472. The molecule has 6 heteroatoms. The van der Waals surface area contributed by atoms with Crippen molar-refractivity contribution in [2.24, 2.45) is 0 Å². The van der Waals surface area contributed by atoms with Crippen LogP contribution in [0.1, 0.15) is 36.0 Å². The minimum atomic E-state index is 0.523. The maximum absolute atomic E-state index is 11.9. The van der Waals surface area contributed by atoms with Crippen molar-refractivity contribution < 1.29 is 14.2 Å². The van der Waals surface area contributed by atoms with Crippen LogP contribution in [0.25, 0.3) is 0 Å². The third-order valence-corrected chi connectivity index (χ3v) is 5.60. The van der Waals surface area contributed by atoms with Crippen molar-refractivity contribution in [3.05, 3.63) is 51.9 Å². The van der Waals surface area contributed by atoms with Gasteiger partial charge < -0.3 is 9.47 Å². The average molecular weight is 382 g/mol. The summed E-state index contributed by atoms with van der Waals surface area (Å²) in [7, 11) is 1.72. The molecule has 6 nitrogen and oxygen atoms in total. The van der Waals surface area contributed by atoms with E-state index in [9.17, 15) is 4.91 Å². The molecule has 0 fully saturated rings. The van der Waals surface area contributed by atoms with Gasteiger partial charge in [0.15, 0.2) is 0 Å². The van der Waals surface area contributed by atoms with E-state index in [2.05, 4.69) is 22.0 Å². The molecule has 0 bridgehead atoms. The lowest BCUT2D eigenvalue weighted by Gasteiger charge is -2.28. The highest BCUT2D eigenvalue weighted by atomic mass is 16.5. The minimum Gasteiger partial charge on any atom is -0.497 e. The van der Waals surface area contributed by atoms with Crippen molar-refractivity contribution in [2.45, 2.75) is 38.6 Å². The first-order chi connectivity index (χ1) is 13.7. The SMILES string of the molecule is COc1ccc2c(c1)CCN(CCCCOc1ccc3c(n1)[N+](=O)CCC3)C2. The van der Waals surface area contributed by atoms with E-state index in [-0.39, 0.29) is 0 Å². The van der Waals surface area contributed by atoms with Gasteiger partial charge in [0.05, 0.1) is 13.7 Å². The number of aromatic nitrogens is 1. The van der Waals surface area contributed by atoms with Crippen molar-refractivity contribution in [1.29, 1.82) is 0 Å². The molecule has 2 aliphatic rings. The summed E-state index contributed by atoms with van der Waals surface area (Å²) in [5.74, 6) is 2.04. The van der Waals surface area contributed by atoms with Crippen molar-refractivity contribution >= 4 is 5.82 Å². The van der Waals surface area contributed by atoms with Crippen molar-refractivity contribution in [3.63, 3.8) is 0 Å². The van der Waals surface area contributed by atoms with Crippen LogP contribution in [0.4, 0.5) is 5.82 Å². The number of rotatable bonds is 7. The second-order valence-corrected chi connectivity index (χ2v) is 7.55. The predicted octanol–water partition coefficient (Wildman–Crippen LogP) is 3.66. The zero-order valence-corrected chi connectivity index (χ0v) is 16.5. The molecule has 0 radical (unpaired) electrons. The molecular weight excluding hydrogens is 354 g/mol. The van der Waals surface area contributed by atoms with Gasteiger partial charge in [0.1, 0.15) is 12.3 Å². The minimum absolute atomic E-state index is 0.523. The summed E-state index contributed by atoms with van der Waals surface area (Å²) in [5, 5.41) is 0. The van der Waals surface area contributed by atoms with Gasteiger partial charge in [-0.25, -0.2) is 0 Å². The van der Waals surface area contributed by atoms with Gasteiger partial charge in [0.25, 0.3) is 0 Å². The van der Waals surface area contributed by atoms with Gasteiger partial charge in [-0.2, -0.15) is 0 Å². The van der Waals surface area contributed by atoms with Crippen LogP contribution in [0.5, 0.6) is 11.6 Å². The number of unbranched alkanes of at least 4 members (excludes halogenated alkanes) is 1. The summed E-state index contributed by atoms with van der Waals surface area (Å²) in [4.78, 5) is 18.8. The monoisotopic (exact) mass is 382 g/mol. The number of ether oxygens (including phenoxy) is 2. The molecule has 1 aromatic carbocycles. The number of fused-ring (bicyclic) bond motifs is 2. The van der Waals surface area contributed by atoms with Gasteiger partial charge in [-0.1, -0.05) is 11.0 Å². The molecule has 28 heavy (non-hydrogen) atoms. The molecule has 0 saturated heterocycles. The largest absolute Gasteiger partial charge is 0.497 e. The summed E-state index contributed by atoms with van der Waals surface area (Å²) in [6.45, 7) is 4.32. The number of aryl methyl sites for hydroxylation is 1. The Bertz CT molecular complexity index is 853. The smallest absolute Gasteiger partial charge is 0.368 e. The highest BCUT2D eigenvalue weighted by Gasteiger charge is 2.26. The van der Waals surface area contributed by atoms with Crippen LogP contribution in [-0.2, 0) is 19.4 Å². The number of hydrogen-bond donors (Lipinski definition) is 0. The molecular formula is C22H28N3O3+. The Balaban J connectivity index is 1.20. The standard InChI is InChI=1S/C22H28N3O3/c1-27-20-8-6-19-16-24(13-10-18(19)15-20)11-2-3-14-28-21-9-7-17-5-4-12-25(26)22(17)23-21/h6-9,15H,2-5,10-14,16H2,1H3/q+1. The molecule has 148 valence electrons. The second kappa shape index (κ2) is 8.69. The van der Waals surface area contributed by atoms with Crippen LogP contribution in [0.3, 0.4) is 0 Å². The lowest BCUT2D eigenvalue weighted by Crippen LogP contribution is -2.31. The first-order valence-corrected chi connectivity index (χ1v) is 10.2. The number of nitrogens with zero attached hydrogens (tertiary/aromatic N) is 3. The van der Waals surface area contributed by atoms with Crippen LogP contribution < -0.4 is 9.47 Å². The van der Waals surface area contributed by atoms with E-state index in [1.165, 1.54) is 11.1 Å². The lowest BCUT2D eigenvalue weighted by atomic mass is 9.99. The fraction of sp³-hybridized carbons (Fsp3) is 0.500. The van der Waals surface area contributed by atoms with Crippen molar-refractivity contribution in [3.8, 4) is 11.6 Å². The first kappa shape index (κ1) is 18.9. The van der Waals surface area contributed by atoms with E-state index < -0.39 is 0 Å². The average Bonchev–Trinajstić information content (AvgIpc) is 2.73. The third-order valence-electron chi connectivity index (χ3n) is 5.60. The number of nitroso groups, excluding NO2 is 1. The number of pyridine rings is 1. The second-order valence-electron chi connectivity index (χ2n) is 7.55. The summed E-state index contributed by atoms with van der Waals surface area (Å²) in [6, 6.07) is 10.3. The van der Waals surface area contributed by atoms with Gasteiger partial charge in [-0.15, -0.1) is 0 Å². The number of methoxy groups -OCH3 is 1. The molecule has 0 spiro atoms. The van der Waals surface area contributed by atoms with E-state index in [1.54, 1.807) is 7.11 Å². The highest BCUT2D eigenvalue weighted by Crippen LogP contribution is 2.26. The van der Waals surface area contributed by atoms with Crippen molar-refractivity contribution in [1.82, 2.24) is 9.88 Å². The Morgan fingerprint density at radius 3 is 2.89 bits per heavy atom. The molecule has 1 aromatic heterocycles. The molecule has 0 N–H and O–H groups in total. The molecule has 4 rings (SSSR count). The Hall–Kier alpha value is -2.47. The van der Waals surface area contributed by atoms with E-state index >= 15 is 0 Å². The molecule has 2 aliphatic heterocycles.